The second kappa shape index (κ2) is 6.54. The predicted octanol–water partition coefficient (Wildman–Crippen LogP) is 3.23. The van der Waals surface area contributed by atoms with E-state index in [1.165, 1.54) is 11.2 Å². The number of aromatic nitrogens is 2. The minimum absolute atomic E-state index is 0.268. The monoisotopic (exact) mass is 305 g/mol. The minimum Gasteiger partial charge on any atom is -0.436 e. The molecule has 1 atom stereocenters. The number of aryl methyl sites for hydroxylation is 1. The van der Waals surface area contributed by atoms with Crippen molar-refractivity contribution in [2.75, 3.05) is 14.1 Å². The van der Waals surface area contributed by atoms with Gasteiger partial charge in [0, 0.05) is 25.9 Å². The lowest BCUT2D eigenvalue weighted by molar-refractivity contribution is 0.0905. The van der Waals surface area contributed by atoms with Crippen LogP contribution in [0.1, 0.15) is 22.8 Å². The lowest BCUT2D eigenvalue weighted by Gasteiger charge is -2.22. The van der Waals surface area contributed by atoms with Crippen LogP contribution in [0.4, 0.5) is 4.79 Å². The molecule has 0 spiro atoms. The summed E-state index contributed by atoms with van der Waals surface area (Å²) in [5.74, 6) is 0. The fourth-order valence-corrected chi connectivity index (χ4v) is 2.07. The van der Waals surface area contributed by atoms with Crippen molar-refractivity contribution < 1.29 is 9.53 Å². The molecule has 5 nitrogen and oxygen atoms in total. The predicted molar refractivity (Wildman–Crippen MR) is 80.2 cm³/mol. The molecule has 0 aliphatic carbocycles. The zero-order valence-electron chi connectivity index (χ0n) is 12.1. The number of nitrogens with zero attached hydrogens (tertiary/aromatic N) is 3. The maximum Gasteiger partial charge on any atom is 0.410 e. The second-order valence-electron chi connectivity index (χ2n) is 4.78. The Bertz CT molecular complexity index is 601. The first-order valence-electron chi connectivity index (χ1n) is 6.39. The van der Waals surface area contributed by atoms with Gasteiger partial charge < -0.3 is 9.64 Å². The molecule has 2 aromatic rings. The van der Waals surface area contributed by atoms with Crippen molar-refractivity contribution in [2.24, 2.45) is 0 Å². The van der Waals surface area contributed by atoms with Crippen LogP contribution in [0, 0.1) is 6.92 Å². The standard InChI is InChI=1S/C15H16ClN3O2/c1-10-6-4-5-7-11(10)13(21-15(20)19(2)3)12-8-17-9-18-14(12)16/h4-9,13H,1-3H3. The van der Waals surface area contributed by atoms with Crippen LogP contribution in [0.3, 0.4) is 0 Å². The normalized spacial score (nSPS) is 11.8. The number of amides is 1. The number of carbonyl (C=O) groups excluding carboxylic acids is 1. The third-order valence-electron chi connectivity index (χ3n) is 3.03. The molecule has 0 radical (unpaired) electrons. The zero-order chi connectivity index (χ0) is 15.4. The molecule has 0 fully saturated rings. The fraction of sp³-hybridized carbons (Fsp3) is 0.267. The van der Waals surface area contributed by atoms with Gasteiger partial charge in [0.25, 0.3) is 0 Å². The van der Waals surface area contributed by atoms with Crippen LogP contribution in [0.2, 0.25) is 5.15 Å². The Kier molecular flexibility index (Phi) is 4.75. The molecule has 0 saturated carbocycles. The maximum atomic E-state index is 11.9. The van der Waals surface area contributed by atoms with E-state index < -0.39 is 12.2 Å². The molecule has 0 aliphatic rings. The van der Waals surface area contributed by atoms with Gasteiger partial charge in [0.2, 0.25) is 0 Å². The Morgan fingerprint density at radius 3 is 2.62 bits per heavy atom. The lowest BCUT2D eigenvalue weighted by atomic mass is 9.99. The zero-order valence-corrected chi connectivity index (χ0v) is 12.8. The summed E-state index contributed by atoms with van der Waals surface area (Å²) in [4.78, 5) is 21.2. The molecule has 0 bridgehead atoms. The van der Waals surface area contributed by atoms with E-state index in [-0.39, 0.29) is 5.15 Å². The SMILES string of the molecule is Cc1ccccc1C(OC(=O)N(C)C)c1cncnc1Cl. The smallest absolute Gasteiger partial charge is 0.410 e. The molecule has 1 aromatic carbocycles. The van der Waals surface area contributed by atoms with E-state index in [4.69, 9.17) is 16.3 Å². The van der Waals surface area contributed by atoms with Crippen molar-refractivity contribution in [1.29, 1.82) is 0 Å². The van der Waals surface area contributed by atoms with Gasteiger partial charge in [-0.05, 0) is 12.5 Å². The Labute approximate surface area is 128 Å². The van der Waals surface area contributed by atoms with E-state index in [2.05, 4.69) is 9.97 Å². The molecular weight excluding hydrogens is 290 g/mol. The quantitative estimate of drug-likeness (QED) is 0.817. The van der Waals surface area contributed by atoms with Gasteiger partial charge in [0.15, 0.2) is 6.10 Å². The highest BCUT2D eigenvalue weighted by molar-refractivity contribution is 6.30. The fourth-order valence-electron chi connectivity index (χ4n) is 1.88. The molecule has 1 heterocycles. The number of hydrogen-bond donors (Lipinski definition) is 0. The van der Waals surface area contributed by atoms with Crippen molar-refractivity contribution in [3.05, 3.63) is 58.6 Å². The Morgan fingerprint density at radius 1 is 1.29 bits per heavy atom. The molecule has 1 unspecified atom stereocenters. The Hall–Kier alpha value is -2.14. The number of rotatable bonds is 3. The van der Waals surface area contributed by atoms with E-state index in [1.807, 2.05) is 31.2 Å². The van der Waals surface area contributed by atoms with Crippen LogP contribution in [0.25, 0.3) is 0 Å². The van der Waals surface area contributed by atoms with E-state index in [9.17, 15) is 4.79 Å². The van der Waals surface area contributed by atoms with E-state index in [1.54, 1.807) is 20.3 Å². The molecule has 21 heavy (non-hydrogen) atoms. The highest BCUT2D eigenvalue weighted by Crippen LogP contribution is 2.31. The third-order valence-corrected chi connectivity index (χ3v) is 3.34. The Morgan fingerprint density at radius 2 is 2.00 bits per heavy atom. The number of benzene rings is 1. The Balaban J connectivity index is 2.48. The van der Waals surface area contributed by atoms with Crippen LogP contribution in [-0.2, 0) is 4.74 Å². The number of carbonyl (C=O) groups is 1. The van der Waals surface area contributed by atoms with Crippen LogP contribution in [-0.4, -0.2) is 35.1 Å². The van der Waals surface area contributed by atoms with Crippen molar-refractivity contribution in [1.82, 2.24) is 14.9 Å². The summed E-state index contributed by atoms with van der Waals surface area (Å²) >= 11 is 6.13. The summed E-state index contributed by atoms with van der Waals surface area (Å²) in [7, 11) is 3.25. The average molecular weight is 306 g/mol. The number of hydrogen-bond acceptors (Lipinski definition) is 4. The first-order chi connectivity index (χ1) is 10.0. The summed E-state index contributed by atoms with van der Waals surface area (Å²) in [5.41, 5.74) is 2.40. The van der Waals surface area contributed by atoms with Crippen molar-refractivity contribution in [3.8, 4) is 0 Å². The number of ether oxygens (including phenoxy) is 1. The largest absolute Gasteiger partial charge is 0.436 e. The summed E-state index contributed by atoms with van der Waals surface area (Å²) in [6.07, 6.45) is 1.82. The van der Waals surface area contributed by atoms with Gasteiger partial charge >= 0.3 is 6.09 Å². The van der Waals surface area contributed by atoms with Gasteiger partial charge in [-0.1, -0.05) is 35.9 Å². The lowest BCUT2D eigenvalue weighted by Crippen LogP contribution is -2.25. The number of halogens is 1. The molecule has 110 valence electrons. The van der Waals surface area contributed by atoms with Crippen molar-refractivity contribution >= 4 is 17.7 Å². The van der Waals surface area contributed by atoms with E-state index in [0.717, 1.165) is 11.1 Å². The highest BCUT2D eigenvalue weighted by atomic mass is 35.5. The van der Waals surface area contributed by atoms with Gasteiger partial charge in [-0.15, -0.1) is 0 Å². The van der Waals surface area contributed by atoms with Gasteiger partial charge in [-0.2, -0.15) is 0 Å². The molecule has 1 aromatic heterocycles. The summed E-state index contributed by atoms with van der Waals surface area (Å²) in [5, 5.41) is 0.268. The van der Waals surface area contributed by atoms with Crippen LogP contribution < -0.4 is 0 Å². The summed E-state index contributed by atoms with van der Waals surface area (Å²) in [6.45, 7) is 1.95. The van der Waals surface area contributed by atoms with Crippen LogP contribution in [0.15, 0.2) is 36.8 Å². The summed E-state index contributed by atoms with van der Waals surface area (Å²) in [6, 6.07) is 7.65. The minimum atomic E-state index is -0.644. The first kappa shape index (κ1) is 15.3. The van der Waals surface area contributed by atoms with Gasteiger partial charge in [0.05, 0.1) is 5.56 Å². The first-order valence-corrected chi connectivity index (χ1v) is 6.77. The van der Waals surface area contributed by atoms with Crippen molar-refractivity contribution in [3.63, 3.8) is 0 Å². The van der Waals surface area contributed by atoms with Gasteiger partial charge in [-0.3, -0.25) is 0 Å². The second-order valence-corrected chi connectivity index (χ2v) is 5.14. The molecule has 0 saturated heterocycles. The molecule has 6 heteroatoms. The molecule has 0 aliphatic heterocycles. The topological polar surface area (TPSA) is 55.3 Å². The molecule has 1 amide bonds. The van der Waals surface area contributed by atoms with E-state index >= 15 is 0 Å². The third kappa shape index (κ3) is 3.49. The maximum absolute atomic E-state index is 11.9. The molecule has 0 N–H and O–H groups in total. The van der Waals surface area contributed by atoms with E-state index in [0.29, 0.717) is 5.56 Å². The average Bonchev–Trinajstić information content (AvgIpc) is 2.46. The van der Waals surface area contributed by atoms with Crippen LogP contribution in [0.5, 0.6) is 0 Å². The molecular formula is C15H16ClN3O2. The molecule has 2 rings (SSSR count). The van der Waals surface area contributed by atoms with Crippen molar-refractivity contribution in [2.45, 2.75) is 13.0 Å². The van der Waals surface area contributed by atoms with Gasteiger partial charge in [0.1, 0.15) is 11.5 Å². The highest BCUT2D eigenvalue weighted by Gasteiger charge is 2.24. The van der Waals surface area contributed by atoms with Crippen LogP contribution >= 0.6 is 11.6 Å². The van der Waals surface area contributed by atoms with Gasteiger partial charge in [-0.25, -0.2) is 14.8 Å². The summed E-state index contributed by atoms with van der Waals surface area (Å²) < 4.78 is 5.57.